The molecule has 0 radical (unpaired) electrons. The number of benzene rings is 2. The van der Waals surface area contributed by atoms with Crippen LogP contribution < -0.4 is 5.32 Å². The fourth-order valence-corrected chi connectivity index (χ4v) is 4.20. The van der Waals surface area contributed by atoms with Gasteiger partial charge < -0.3 is 5.32 Å². The van der Waals surface area contributed by atoms with Gasteiger partial charge in [-0.15, -0.1) is 10.2 Å². The molecule has 2 aromatic carbocycles. The number of hydrogen-bond donors (Lipinski definition) is 1. The molecule has 0 saturated carbocycles. The van der Waals surface area contributed by atoms with Crippen molar-refractivity contribution in [2.24, 2.45) is 0 Å². The first-order valence-corrected chi connectivity index (χ1v) is 11.0. The maximum Gasteiger partial charge on any atom is 0.234 e. The minimum Gasteiger partial charge on any atom is -0.325 e. The molecule has 0 aliphatic heterocycles. The van der Waals surface area contributed by atoms with E-state index < -0.39 is 0 Å². The summed E-state index contributed by atoms with van der Waals surface area (Å²) < 4.78 is 16.7. The summed E-state index contributed by atoms with van der Waals surface area (Å²) in [7, 11) is 0. The topological polar surface area (TPSA) is 76.6 Å². The Morgan fingerprint density at radius 1 is 1.16 bits per heavy atom. The fourth-order valence-electron chi connectivity index (χ4n) is 3.31. The van der Waals surface area contributed by atoms with E-state index in [1.54, 1.807) is 41.2 Å². The Labute approximate surface area is 191 Å². The van der Waals surface area contributed by atoms with Crippen molar-refractivity contribution in [2.75, 3.05) is 11.1 Å². The van der Waals surface area contributed by atoms with E-state index in [0.717, 1.165) is 16.6 Å². The highest BCUT2D eigenvalue weighted by atomic mass is 35.5. The number of carbonyl (C=O) groups is 1. The van der Waals surface area contributed by atoms with Crippen LogP contribution >= 0.6 is 23.4 Å². The quantitative estimate of drug-likeness (QED) is 0.374. The third-order valence-corrected chi connectivity index (χ3v) is 6.35. The van der Waals surface area contributed by atoms with E-state index in [-0.39, 0.29) is 17.5 Å². The van der Waals surface area contributed by atoms with E-state index in [2.05, 4.69) is 20.6 Å². The van der Waals surface area contributed by atoms with Gasteiger partial charge in [0.2, 0.25) is 5.91 Å². The lowest BCUT2D eigenvalue weighted by Crippen LogP contribution is -2.15. The van der Waals surface area contributed by atoms with Crippen molar-refractivity contribution in [1.29, 1.82) is 0 Å². The zero-order valence-corrected chi connectivity index (χ0v) is 18.4. The molecular formula is C22H16ClFN6OS. The number of halogens is 2. The van der Waals surface area contributed by atoms with E-state index >= 15 is 0 Å². The normalized spacial score (nSPS) is 11.3. The van der Waals surface area contributed by atoms with Crippen LogP contribution in [0.5, 0.6) is 0 Å². The fraction of sp³-hybridized carbons (Fsp3) is 0.0909. The lowest BCUT2D eigenvalue weighted by molar-refractivity contribution is -0.113. The summed E-state index contributed by atoms with van der Waals surface area (Å²) in [6, 6.07) is 13.4. The van der Waals surface area contributed by atoms with Crippen molar-refractivity contribution >= 4 is 46.1 Å². The van der Waals surface area contributed by atoms with Crippen LogP contribution in [0.25, 0.3) is 22.4 Å². The van der Waals surface area contributed by atoms with Crippen molar-refractivity contribution in [3.63, 3.8) is 0 Å². The molecular weight excluding hydrogens is 451 g/mol. The Hall–Kier alpha value is -3.43. The second kappa shape index (κ2) is 8.25. The van der Waals surface area contributed by atoms with E-state index in [1.807, 2.05) is 23.5 Å². The largest absolute Gasteiger partial charge is 0.325 e. The van der Waals surface area contributed by atoms with E-state index in [9.17, 15) is 9.18 Å². The van der Waals surface area contributed by atoms with E-state index in [4.69, 9.17) is 11.6 Å². The molecule has 160 valence electrons. The Balaban J connectivity index is 1.37. The zero-order chi connectivity index (χ0) is 22.2. The third kappa shape index (κ3) is 3.80. The summed E-state index contributed by atoms with van der Waals surface area (Å²) in [6.45, 7) is 1.86. The molecule has 7 nitrogen and oxygen atoms in total. The smallest absolute Gasteiger partial charge is 0.234 e. The van der Waals surface area contributed by atoms with Gasteiger partial charge in [0.05, 0.1) is 11.4 Å². The third-order valence-electron chi connectivity index (χ3n) is 5.00. The maximum absolute atomic E-state index is 13.2. The molecule has 0 spiro atoms. The SMILES string of the molecule is Cc1c(Cl)cccc1NC(=O)CSc1nnc2c3cc(-c4ccc(F)cc4)nn3ccn12. The van der Waals surface area contributed by atoms with Gasteiger partial charge in [0.1, 0.15) is 11.3 Å². The van der Waals surface area contributed by atoms with E-state index in [1.165, 1.54) is 23.9 Å². The molecule has 0 unspecified atom stereocenters. The van der Waals surface area contributed by atoms with Gasteiger partial charge in [-0.25, -0.2) is 8.91 Å². The van der Waals surface area contributed by atoms with Crippen LogP contribution in [0.15, 0.2) is 66.1 Å². The summed E-state index contributed by atoms with van der Waals surface area (Å²) in [5, 5.41) is 17.1. The predicted molar refractivity (Wildman–Crippen MR) is 123 cm³/mol. The number of thioether (sulfide) groups is 1. The Bertz CT molecular complexity index is 1460. The molecule has 3 heterocycles. The van der Waals surface area contributed by atoms with Crippen LogP contribution in [0.3, 0.4) is 0 Å². The number of nitrogens with zero attached hydrogens (tertiary/aromatic N) is 5. The van der Waals surface area contributed by atoms with Crippen molar-refractivity contribution in [3.05, 3.63) is 77.3 Å². The molecule has 0 saturated heterocycles. The second-order valence-corrected chi connectivity index (χ2v) is 8.44. The van der Waals surface area contributed by atoms with Gasteiger partial charge in [0, 0.05) is 28.7 Å². The highest BCUT2D eigenvalue weighted by molar-refractivity contribution is 7.99. The summed E-state index contributed by atoms with van der Waals surface area (Å²) >= 11 is 7.39. The number of anilines is 1. The molecule has 0 aliphatic carbocycles. The molecule has 5 rings (SSSR count). The molecule has 0 atom stereocenters. The molecule has 10 heteroatoms. The van der Waals surface area contributed by atoms with Crippen LogP contribution in [0, 0.1) is 12.7 Å². The molecule has 5 aromatic rings. The van der Waals surface area contributed by atoms with Crippen molar-refractivity contribution in [2.45, 2.75) is 12.1 Å². The standard InChI is InChI=1S/C22H16ClFN6OS/c1-13-16(23)3-2-4-17(13)25-20(31)12-32-22-27-26-21-19-11-18(14-5-7-15(24)8-6-14)28-30(19)10-9-29(21)22/h2-11H,12H2,1H3,(H,25,31). The first-order chi connectivity index (χ1) is 15.5. The Kier molecular flexibility index (Phi) is 5.28. The van der Waals surface area contributed by atoms with Gasteiger partial charge in [-0.05, 0) is 55.0 Å². The van der Waals surface area contributed by atoms with Gasteiger partial charge in [0.25, 0.3) is 0 Å². The highest BCUT2D eigenvalue weighted by Gasteiger charge is 2.15. The first kappa shape index (κ1) is 20.5. The van der Waals surface area contributed by atoms with Crippen molar-refractivity contribution < 1.29 is 9.18 Å². The highest BCUT2D eigenvalue weighted by Crippen LogP contribution is 2.26. The summed E-state index contributed by atoms with van der Waals surface area (Å²) in [4.78, 5) is 12.4. The monoisotopic (exact) mass is 466 g/mol. The molecule has 1 N–H and O–H groups in total. The van der Waals surface area contributed by atoms with Crippen LogP contribution in [0.4, 0.5) is 10.1 Å². The Morgan fingerprint density at radius 3 is 2.78 bits per heavy atom. The molecule has 32 heavy (non-hydrogen) atoms. The lowest BCUT2D eigenvalue weighted by Gasteiger charge is -2.09. The molecule has 0 aliphatic rings. The van der Waals surface area contributed by atoms with Crippen LogP contribution in [-0.4, -0.2) is 35.9 Å². The van der Waals surface area contributed by atoms with Crippen molar-refractivity contribution in [1.82, 2.24) is 24.2 Å². The number of aromatic nitrogens is 5. The number of rotatable bonds is 5. The van der Waals surface area contributed by atoms with Gasteiger partial charge in [-0.1, -0.05) is 29.4 Å². The summed E-state index contributed by atoms with van der Waals surface area (Å²) in [5.74, 6) is -0.299. The van der Waals surface area contributed by atoms with Gasteiger partial charge in [-0.3, -0.25) is 9.20 Å². The summed E-state index contributed by atoms with van der Waals surface area (Å²) in [6.07, 6.45) is 3.59. The van der Waals surface area contributed by atoms with Crippen LogP contribution in [0.2, 0.25) is 5.02 Å². The van der Waals surface area contributed by atoms with Gasteiger partial charge >= 0.3 is 0 Å². The molecule has 3 aromatic heterocycles. The van der Waals surface area contributed by atoms with Crippen molar-refractivity contribution in [3.8, 4) is 11.3 Å². The number of fused-ring (bicyclic) bond motifs is 3. The predicted octanol–water partition coefficient (Wildman–Crippen LogP) is 4.88. The van der Waals surface area contributed by atoms with Crippen LogP contribution in [0.1, 0.15) is 5.56 Å². The summed E-state index contributed by atoms with van der Waals surface area (Å²) in [5.41, 5.74) is 4.37. The average molecular weight is 467 g/mol. The number of carbonyl (C=O) groups excluding carboxylic acids is 1. The molecule has 0 bridgehead atoms. The minimum absolute atomic E-state index is 0.165. The molecule has 0 fully saturated rings. The van der Waals surface area contributed by atoms with Gasteiger partial charge in [0.15, 0.2) is 10.8 Å². The first-order valence-electron chi connectivity index (χ1n) is 9.66. The average Bonchev–Trinajstić information content (AvgIpc) is 3.40. The maximum atomic E-state index is 13.2. The number of nitrogens with one attached hydrogen (secondary N) is 1. The number of amides is 1. The zero-order valence-electron chi connectivity index (χ0n) is 16.8. The Morgan fingerprint density at radius 2 is 1.97 bits per heavy atom. The van der Waals surface area contributed by atoms with Crippen LogP contribution in [-0.2, 0) is 4.79 Å². The van der Waals surface area contributed by atoms with Gasteiger partial charge in [-0.2, -0.15) is 5.10 Å². The van der Waals surface area contributed by atoms with E-state index in [0.29, 0.717) is 27.2 Å². The minimum atomic E-state index is -0.298. The molecule has 1 amide bonds. The lowest BCUT2D eigenvalue weighted by atomic mass is 10.1. The number of hydrogen-bond acceptors (Lipinski definition) is 5. The second-order valence-electron chi connectivity index (χ2n) is 7.09.